The van der Waals surface area contributed by atoms with Gasteiger partial charge in [-0.05, 0) is 42.9 Å². The molecule has 1 amide bonds. The first-order valence-electron chi connectivity index (χ1n) is 8.95. The predicted molar refractivity (Wildman–Crippen MR) is 93.7 cm³/mol. The van der Waals surface area contributed by atoms with E-state index in [9.17, 15) is 4.79 Å². The van der Waals surface area contributed by atoms with Gasteiger partial charge in [0.25, 0.3) is 5.91 Å². The average molecular weight is 354 g/mol. The summed E-state index contributed by atoms with van der Waals surface area (Å²) in [6.07, 6.45) is 9.51. The molecule has 0 N–H and O–H groups in total. The highest BCUT2D eigenvalue weighted by Gasteiger charge is 2.43. The number of ether oxygens (including phenoxy) is 2. The van der Waals surface area contributed by atoms with E-state index in [-0.39, 0.29) is 17.4 Å². The predicted octanol–water partition coefficient (Wildman–Crippen LogP) is 1.96. The van der Waals surface area contributed by atoms with Crippen molar-refractivity contribution in [1.82, 2.24) is 20.1 Å². The van der Waals surface area contributed by atoms with Gasteiger partial charge in [0.1, 0.15) is 12.4 Å². The number of rotatable bonds is 4. The molecule has 136 valence electrons. The van der Waals surface area contributed by atoms with Crippen LogP contribution in [0, 0.1) is 5.41 Å². The number of piperidine rings is 1. The fourth-order valence-electron chi connectivity index (χ4n) is 3.76. The number of nitrogens with zero attached hydrogens (tertiary/aromatic N) is 4. The van der Waals surface area contributed by atoms with Crippen LogP contribution in [0.4, 0.5) is 0 Å². The van der Waals surface area contributed by atoms with Gasteiger partial charge in [-0.2, -0.15) is 10.2 Å². The Morgan fingerprint density at radius 1 is 1.23 bits per heavy atom. The van der Waals surface area contributed by atoms with Crippen molar-refractivity contribution in [3.05, 3.63) is 48.5 Å². The highest BCUT2D eigenvalue weighted by atomic mass is 16.5. The average Bonchev–Trinajstić information content (AvgIpc) is 3.10. The van der Waals surface area contributed by atoms with Gasteiger partial charge in [0.15, 0.2) is 0 Å². The van der Waals surface area contributed by atoms with Crippen molar-refractivity contribution in [3.8, 4) is 5.75 Å². The number of amides is 1. The molecule has 4 heterocycles. The lowest BCUT2D eigenvalue weighted by Gasteiger charge is -2.38. The number of pyridine rings is 1. The fourth-order valence-corrected chi connectivity index (χ4v) is 3.76. The molecule has 7 heteroatoms. The van der Waals surface area contributed by atoms with Crippen LogP contribution in [0.1, 0.15) is 29.6 Å². The van der Waals surface area contributed by atoms with Crippen LogP contribution in [0.5, 0.6) is 5.75 Å². The van der Waals surface area contributed by atoms with E-state index < -0.39 is 0 Å². The van der Waals surface area contributed by atoms with Gasteiger partial charge in [-0.3, -0.25) is 9.78 Å². The van der Waals surface area contributed by atoms with E-state index in [1.807, 2.05) is 17.0 Å². The first kappa shape index (κ1) is 16.9. The lowest BCUT2D eigenvalue weighted by molar-refractivity contribution is 0.0427. The van der Waals surface area contributed by atoms with Gasteiger partial charge >= 0.3 is 0 Å². The minimum atomic E-state index is 0.0325. The standard InChI is InChI=1S/C19H22N4O3/c24-18(15-3-7-21-22-11-15)23-8-4-19(5-9-23)10-17(26-14-19)13-25-16-2-1-6-20-12-16/h1-3,6-7,11-12,17H,4-5,8-10,13-14H2/t17-/m0/s1. The Morgan fingerprint density at radius 2 is 2.12 bits per heavy atom. The van der Waals surface area contributed by atoms with Crippen LogP contribution in [0.2, 0.25) is 0 Å². The molecule has 1 atom stereocenters. The van der Waals surface area contributed by atoms with Crippen molar-refractivity contribution in [2.24, 2.45) is 5.41 Å². The van der Waals surface area contributed by atoms with Crippen LogP contribution in [-0.2, 0) is 4.74 Å². The van der Waals surface area contributed by atoms with Gasteiger partial charge in [-0.15, -0.1) is 0 Å². The molecule has 0 saturated carbocycles. The second-order valence-electron chi connectivity index (χ2n) is 7.06. The Morgan fingerprint density at radius 3 is 2.85 bits per heavy atom. The summed E-state index contributed by atoms with van der Waals surface area (Å²) in [6, 6.07) is 5.47. The van der Waals surface area contributed by atoms with Crippen molar-refractivity contribution >= 4 is 5.91 Å². The second kappa shape index (κ2) is 7.37. The summed E-state index contributed by atoms with van der Waals surface area (Å²) in [5, 5.41) is 7.52. The molecule has 0 aromatic carbocycles. The summed E-state index contributed by atoms with van der Waals surface area (Å²) in [4.78, 5) is 18.5. The summed E-state index contributed by atoms with van der Waals surface area (Å²) in [5.41, 5.74) is 0.761. The summed E-state index contributed by atoms with van der Waals surface area (Å²) in [6.45, 7) is 2.78. The SMILES string of the molecule is O=C(c1ccnnc1)N1CCC2(CC1)CO[C@H](COc1cccnc1)C2. The molecule has 0 unspecified atom stereocenters. The number of hydrogen-bond donors (Lipinski definition) is 0. The molecule has 2 saturated heterocycles. The molecule has 2 aromatic heterocycles. The van der Waals surface area contributed by atoms with Crippen LogP contribution in [0.15, 0.2) is 43.0 Å². The van der Waals surface area contributed by atoms with Gasteiger partial charge in [-0.25, -0.2) is 0 Å². The topological polar surface area (TPSA) is 77.4 Å². The molecule has 2 fully saturated rings. The summed E-state index contributed by atoms with van der Waals surface area (Å²) in [5.74, 6) is 0.800. The van der Waals surface area contributed by atoms with E-state index in [2.05, 4.69) is 15.2 Å². The zero-order valence-corrected chi connectivity index (χ0v) is 14.6. The smallest absolute Gasteiger partial charge is 0.255 e. The fraction of sp³-hybridized carbons (Fsp3) is 0.474. The quantitative estimate of drug-likeness (QED) is 0.835. The number of likely N-dealkylation sites (tertiary alicyclic amines) is 1. The maximum absolute atomic E-state index is 12.5. The number of carbonyl (C=O) groups is 1. The Bertz CT molecular complexity index is 733. The van der Waals surface area contributed by atoms with Crippen molar-refractivity contribution in [2.45, 2.75) is 25.4 Å². The third-order valence-corrected chi connectivity index (χ3v) is 5.30. The maximum Gasteiger partial charge on any atom is 0.255 e. The maximum atomic E-state index is 12.5. The molecule has 0 aliphatic carbocycles. The number of carbonyl (C=O) groups excluding carboxylic acids is 1. The molecular weight excluding hydrogens is 332 g/mol. The highest BCUT2D eigenvalue weighted by molar-refractivity contribution is 5.93. The Hall–Kier alpha value is -2.54. The van der Waals surface area contributed by atoms with Gasteiger partial charge in [0.05, 0.1) is 36.9 Å². The van der Waals surface area contributed by atoms with E-state index >= 15 is 0 Å². The molecule has 26 heavy (non-hydrogen) atoms. The van der Waals surface area contributed by atoms with Crippen molar-refractivity contribution < 1.29 is 14.3 Å². The minimum absolute atomic E-state index is 0.0325. The molecule has 2 aliphatic heterocycles. The molecule has 0 radical (unpaired) electrons. The monoisotopic (exact) mass is 354 g/mol. The van der Waals surface area contributed by atoms with Crippen LogP contribution in [0.25, 0.3) is 0 Å². The normalized spacial score (nSPS) is 21.7. The van der Waals surface area contributed by atoms with E-state index in [1.54, 1.807) is 24.7 Å². The summed E-state index contributed by atoms with van der Waals surface area (Å²) in [7, 11) is 0. The van der Waals surface area contributed by atoms with Gasteiger partial charge in [0.2, 0.25) is 0 Å². The Labute approximate surface area is 152 Å². The van der Waals surface area contributed by atoms with Crippen LogP contribution in [0.3, 0.4) is 0 Å². The largest absolute Gasteiger partial charge is 0.489 e. The van der Waals surface area contributed by atoms with Gasteiger partial charge in [0, 0.05) is 19.3 Å². The van der Waals surface area contributed by atoms with Crippen LogP contribution < -0.4 is 4.74 Å². The minimum Gasteiger partial charge on any atom is -0.489 e. The van der Waals surface area contributed by atoms with Gasteiger partial charge in [-0.1, -0.05) is 0 Å². The third-order valence-electron chi connectivity index (χ3n) is 5.30. The van der Waals surface area contributed by atoms with Crippen molar-refractivity contribution in [2.75, 3.05) is 26.3 Å². The number of hydrogen-bond acceptors (Lipinski definition) is 6. The van der Waals surface area contributed by atoms with E-state index in [4.69, 9.17) is 9.47 Å². The third kappa shape index (κ3) is 3.67. The zero-order chi connectivity index (χ0) is 17.8. The molecule has 2 aromatic rings. The molecular formula is C19H22N4O3. The first-order valence-corrected chi connectivity index (χ1v) is 8.95. The Balaban J connectivity index is 1.28. The van der Waals surface area contributed by atoms with Crippen LogP contribution >= 0.6 is 0 Å². The second-order valence-corrected chi connectivity index (χ2v) is 7.06. The molecule has 7 nitrogen and oxygen atoms in total. The van der Waals surface area contributed by atoms with E-state index in [0.717, 1.165) is 44.7 Å². The molecule has 1 spiro atoms. The lowest BCUT2D eigenvalue weighted by atomic mass is 9.76. The summed E-state index contributed by atoms with van der Waals surface area (Å²) < 4.78 is 11.8. The Kier molecular flexibility index (Phi) is 4.79. The zero-order valence-electron chi connectivity index (χ0n) is 14.6. The van der Waals surface area contributed by atoms with Crippen LogP contribution in [-0.4, -0.2) is 58.4 Å². The molecule has 0 bridgehead atoms. The van der Waals surface area contributed by atoms with E-state index in [0.29, 0.717) is 12.2 Å². The molecule has 4 rings (SSSR count). The highest BCUT2D eigenvalue weighted by Crippen LogP contribution is 2.42. The van der Waals surface area contributed by atoms with Crippen molar-refractivity contribution in [3.63, 3.8) is 0 Å². The van der Waals surface area contributed by atoms with Crippen molar-refractivity contribution in [1.29, 1.82) is 0 Å². The molecule has 2 aliphatic rings. The first-order chi connectivity index (χ1) is 12.7. The number of aromatic nitrogens is 3. The summed E-state index contributed by atoms with van der Waals surface area (Å²) >= 11 is 0. The van der Waals surface area contributed by atoms with Gasteiger partial charge < -0.3 is 14.4 Å². The lowest BCUT2D eigenvalue weighted by Crippen LogP contribution is -2.43. The van der Waals surface area contributed by atoms with E-state index in [1.165, 1.54) is 6.20 Å².